The fourth-order valence-electron chi connectivity index (χ4n) is 3.27. The van der Waals surface area contributed by atoms with E-state index in [1.165, 1.54) is 7.11 Å². The standard InChI is InChI=1S/C22H35NO8S/c1-14-11-15(2)19(16(3)12-14)32(27,28)30-13-17(24)9-8-10-18(20(25)29-7)23-21(26)31-22(4,5)6/h11-12,17-18,24H,8-10,13H2,1-7H3,(H,23,26)/t17-,18-/m0/s1. The minimum Gasteiger partial charge on any atom is -0.467 e. The normalized spacial score (nSPS) is 13.9. The predicted molar refractivity (Wildman–Crippen MR) is 119 cm³/mol. The minimum absolute atomic E-state index is 0.0996. The first-order chi connectivity index (χ1) is 14.7. The molecule has 0 aliphatic heterocycles. The number of hydrogen-bond donors (Lipinski definition) is 2. The van der Waals surface area contributed by atoms with E-state index in [4.69, 9.17) is 13.7 Å². The number of carbonyl (C=O) groups excluding carboxylic acids is 2. The van der Waals surface area contributed by atoms with Gasteiger partial charge in [0.2, 0.25) is 0 Å². The van der Waals surface area contributed by atoms with Crippen LogP contribution in [0.2, 0.25) is 0 Å². The summed E-state index contributed by atoms with van der Waals surface area (Å²) >= 11 is 0. The van der Waals surface area contributed by atoms with Crippen LogP contribution in [-0.2, 0) is 28.6 Å². The molecule has 2 atom stereocenters. The summed E-state index contributed by atoms with van der Waals surface area (Å²) in [5.74, 6) is -0.644. The van der Waals surface area contributed by atoms with E-state index in [1.54, 1.807) is 46.8 Å². The first-order valence-electron chi connectivity index (χ1n) is 10.4. The Kier molecular flexibility index (Phi) is 10.1. The van der Waals surface area contributed by atoms with E-state index >= 15 is 0 Å². The van der Waals surface area contributed by atoms with Gasteiger partial charge in [-0.2, -0.15) is 8.42 Å². The van der Waals surface area contributed by atoms with Gasteiger partial charge in [0.1, 0.15) is 11.6 Å². The van der Waals surface area contributed by atoms with Gasteiger partial charge in [0, 0.05) is 0 Å². The highest BCUT2D eigenvalue weighted by molar-refractivity contribution is 7.86. The van der Waals surface area contributed by atoms with Crippen molar-refractivity contribution >= 4 is 22.2 Å². The third-order valence-electron chi connectivity index (χ3n) is 4.48. The number of carbonyl (C=O) groups is 2. The summed E-state index contributed by atoms with van der Waals surface area (Å²) in [5, 5.41) is 12.6. The summed E-state index contributed by atoms with van der Waals surface area (Å²) in [7, 11) is -2.83. The maximum atomic E-state index is 12.6. The lowest BCUT2D eigenvalue weighted by Gasteiger charge is -2.22. The van der Waals surface area contributed by atoms with Gasteiger partial charge in [-0.1, -0.05) is 17.7 Å². The van der Waals surface area contributed by atoms with Gasteiger partial charge in [0.05, 0.1) is 24.7 Å². The number of benzene rings is 1. The molecule has 9 nitrogen and oxygen atoms in total. The van der Waals surface area contributed by atoms with Gasteiger partial charge in [0.25, 0.3) is 10.1 Å². The lowest BCUT2D eigenvalue weighted by Crippen LogP contribution is -2.44. The molecule has 32 heavy (non-hydrogen) atoms. The van der Waals surface area contributed by atoms with Crippen LogP contribution in [0.5, 0.6) is 0 Å². The van der Waals surface area contributed by atoms with Gasteiger partial charge in [-0.3, -0.25) is 4.18 Å². The van der Waals surface area contributed by atoms with Crippen LogP contribution >= 0.6 is 0 Å². The molecule has 0 fully saturated rings. The molecule has 0 aromatic heterocycles. The maximum absolute atomic E-state index is 12.6. The molecule has 0 spiro atoms. The molecular weight excluding hydrogens is 438 g/mol. The Labute approximate surface area is 190 Å². The number of aryl methyl sites for hydroxylation is 3. The number of hydrogen-bond acceptors (Lipinski definition) is 8. The van der Waals surface area contributed by atoms with Crippen LogP contribution in [0, 0.1) is 20.8 Å². The zero-order valence-electron chi connectivity index (χ0n) is 19.9. The molecular formula is C22H35NO8S. The number of ether oxygens (including phenoxy) is 2. The zero-order valence-corrected chi connectivity index (χ0v) is 20.7. The second kappa shape index (κ2) is 11.6. The molecule has 0 aliphatic rings. The number of alkyl carbamates (subject to hydrolysis) is 1. The van der Waals surface area contributed by atoms with Crippen molar-refractivity contribution in [1.29, 1.82) is 0 Å². The van der Waals surface area contributed by atoms with Gasteiger partial charge >= 0.3 is 12.1 Å². The fourth-order valence-corrected chi connectivity index (χ4v) is 4.63. The SMILES string of the molecule is COC(=O)[C@H](CCC[C@H](O)COS(=O)(=O)c1c(C)cc(C)cc1C)NC(=O)OC(C)(C)C. The van der Waals surface area contributed by atoms with Crippen LogP contribution in [0.1, 0.15) is 56.7 Å². The molecule has 0 heterocycles. The Bertz CT molecular complexity index is 882. The van der Waals surface area contributed by atoms with Crippen LogP contribution in [0.25, 0.3) is 0 Å². The summed E-state index contributed by atoms with van der Waals surface area (Å²) in [6.07, 6.45) is -1.19. The number of nitrogens with one attached hydrogen (secondary N) is 1. The summed E-state index contributed by atoms with van der Waals surface area (Å²) in [5.41, 5.74) is 1.37. The highest BCUT2D eigenvalue weighted by Crippen LogP contribution is 2.24. The average molecular weight is 474 g/mol. The van der Waals surface area contributed by atoms with Crippen molar-refractivity contribution in [2.45, 2.75) is 83.4 Å². The first kappa shape index (κ1) is 27.9. The lowest BCUT2D eigenvalue weighted by molar-refractivity contribution is -0.143. The van der Waals surface area contributed by atoms with Crippen LogP contribution in [0.3, 0.4) is 0 Å². The molecule has 10 heteroatoms. The topological polar surface area (TPSA) is 128 Å². The van der Waals surface area contributed by atoms with Crippen LogP contribution in [0.15, 0.2) is 17.0 Å². The van der Waals surface area contributed by atoms with E-state index in [1.807, 2.05) is 6.92 Å². The van der Waals surface area contributed by atoms with E-state index < -0.39 is 46.5 Å². The second-order valence-electron chi connectivity index (χ2n) is 8.77. The Morgan fingerprint density at radius 3 is 2.16 bits per heavy atom. The summed E-state index contributed by atoms with van der Waals surface area (Å²) < 4.78 is 40.1. The molecule has 182 valence electrons. The molecule has 0 radical (unpaired) electrons. The first-order valence-corrected chi connectivity index (χ1v) is 11.8. The van der Waals surface area contributed by atoms with Crippen molar-refractivity contribution in [2.24, 2.45) is 0 Å². The third-order valence-corrected chi connectivity index (χ3v) is 6.07. The highest BCUT2D eigenvalue weighted by atomic mass is 32.2. The van der Waals surface area contributed by atoms with Gasteiger partial charge in [-0.15, -0.1) is 0 Å². The maximum Gasteiger partial charge on any atom is 0.408 e. The number of aliphatic hydroxyl groups excluding tert-OH is 1. The highest BCUT2D eigenvalue weighted by Gasteiger charge is 2.26. The number of aliphatic hydroxyl groups is 1. The Balaban J connectivity index is 2.62. The largest absolute Gasteiger partial charge is 0.467 e. The number of rotatable bonds is 10. The van der Waals surface area contributed by atoms with E-state index in [-0.39, 0.29) is 17.7 Å². The Morgan fingerprint density at radius 1 is 1.09 bits per heavy atom. The van der Waals surface area contributed by atoms with Crippen molar-refractivity contribution in [2.75, 3.05) is 13.7 Å². The van der Waals surface area contributed by atoms with Crippen LogP contribution in [0.4, 0.5) is 4.79 Å². The predicted octanol–water partition coefficient (Wildman–Crippen LogP) is 2.91. The van der Waals surface area contributed by atoms with E-state index in [0.717, 1.165) is 5.56 Å². The van der Waals surface area contributed by atoms with Crippen LogP contribution < -0.4 is 5.32 Å². The van der Waals surface area contributed by atoms with Gasteiger partial charge < -0.3 is 19.9 Å². The van der Waals surface area contributed by atoms with Crippen molar-refractivity contribution in [3.8, 4) is 0 Å². The molecule has 0 unspecified atom stereocenters. The molecule has 1 aromatic carbocycles. The summed E-state index contributed by atoms with van der Waals surface area (Å²) in [4.78, 5) is 24.0. The molecule has 0 bridgehead atoms. The quantitative estimate of drug-likeness (QED) is 0.392. The van der Waals surface area contributed by atoms with E-state index in [0.29, 0.717) is 17.5 Å². The van der Waals surface area contributed by atoms with E-state index in [9.17, 15) is 23.1 Å². The number of esters is 1. The lowest BCUT2D eigenvalue weighted by atomic mass is 10.1. The molecule has 0 aliphatic carbocycles. The molecule has 1 amide bonds. The summed E-state index contributed by atoms with van der Waals surface area (Å²) in [6.45, 7) is 9.93. The Hall–Kier alpha value is -2.17. The van der Waals surface area contributed by atoms with Gasteiger partial charge in [-0.05, 0) is 71.9 Å². The van der Waals surface area contributed by atoms with Gasteiger partial charge in [0.15, 0.2) is 0 Å². The minimum atomic E-state index is -4.03. The molecule has 1 rings (SSSR count). The molecule has 1 aromatic rings. The van der Waals surface area contributed by atoms with Crippen molar-refractivity contribution in [3.05, 3.63) is 28.8 Å². The monoisotopic (exact) mass is 473 g/mol. The van der Waals surface area contributed by atoms with Crippen molar-refractivity contribution in [1.82, 2.24) is 5.32 Å². The van der Waals surface area contributed by atoms with Crippen LogP contribution in [-0.4, -0.2) is 57.1 Å². The second-order valence-corrected chi connectivity index (χ2v) is 10.3. The average Bonchev–Trinajstić information content (AvgIpc) is 2.62. The van der Waals surface area contributed by atoms with Crippen molar-refractivity contribution < 1.29 is 36.8 Å². The zero-order chi connectivity index (χ0) is 24.7. The molecule has 2 N–H and O–H groups in total. The summed E-state index contributed by atoms with van der Waals surface area (Å²) in [6, 6.07) is 2.55. The fraction of sp³-hybridized carbons (Fsp3) is 0.636. The third kappa shape index (κ3) is 9.13. The van der Waals surface area contributed by atoms with Crippen molar-refractivity contribution in [3.63, 3.8) is 0 Å². The van der Waals surface area contributed by atoms with E-state index in [2.05, 4.69) is 5.32 Å². The molecule has 0 saturated carbocycles. The number of methoxy groups -OCH3 is 1. The smallest absolute Gasteiger partial charge is 0.408 e. The Morgan fingerprint density at radius 2 is 1.66 bits per heavy atom. The van der Waals surface area contributed by atoms with Gasteiger partial charge in [-0.25, -0.2) is 9.59 Å². The number of amides is 1. The molecule has 0 saturated heterocycles.